The molecule has 0 amide bonds. The van der Waals surface area contributed by atoms with Gasteiger partial charge in [-0.05, 0) is 37.6 Å². The van der Waals surface area contributed by atoms with Gasteiger partial charge in [-0.15, -0.1) is 24.8 Å². The van der Waals surface area contributed by atoms with Crippen LogP contribution in [0.3, 0.4) is 0 Å². The molecule has 0 aliphatic carbocycles. The Morgan fingerprint density at radius 1 is 0.969 bits per heavy atom. The molecule has 5 nitrogen and oxygen atoms in total. The standard InChI is InChI=1S/C25H36N4O.2ClH/c1-20-16-26-11-12-29(20)24-9-10-25(23(15-24)19-30-3)28-14-13-27(21(2)17-28)18-22-7-5-4-6-8-22;;/h4-10,15,20-21,26H,11-14,16-19H2,1-3H3;2*1H/t20-,21+;;/m0../s1. The largest absolute Gasteiger partial charge is 0.380 e. The molecule has 4 rings (SSSR count). The highest BCUT2D eigenvalue weighted by Crippen LogP contribution is 2.30. The van der Waals surface area contributed by atoms with Gasteiger partial charge in [0.15, 0.2) is 0 Å². The molecule has 0 bridgehead atoms. The Kier molecular flexibility index (Phi) is 10.6. The third-order valence-corrected chi connectivity index (χ3v) is 6.53. The van der Waals surface area contributed by atoms with Crippen LogP contribution >= 0.6 is 24.8 Å². The number of piperazine rings is 2. The van der Waals surface area contributed by atoms with Crippen molar-refractivity contribution >= 4 is 36.2 Å². The zero-order valence-electron chi connectivity index (χ0n) is 19.5. The first-order valence-corrected chi connectivity index (χ1v) is 11.3. The summed E-state index contributed by atoms with van der Waals surface area (Å²) < 4.78 is 5.59. The molecule has 2 fully saturated rings. The summed E-state index contributed by atoms with van der Waals surface area (Å²) in [6.07, 6.45) is 0. The molecule has 0 saturated carbocycles. The van der Waals surface area contributed by atoms with Crippen LogP contribution in [0, 0.1) is 0 Å². The van der Waals surface area contributed by atoms with E-state index in [1.54, 1.807) is 7.11 Å². The van der Waals surface area contributed by atoms with Gasteiger partial charge in [0.2, 0.25) is 0 Å². The van der Waals surface area contributed by atoms with Crippen molar-refractivity contribution in [3.63, 3.8) is 0 Å². The number of benzene rings is 2. The quantitative estimate of drug-likeness (QED) is 0.669. The number of hydrogen-bond acceptors (Lipinski definition) is 5. The van der Waals surface area contributed by atoms with Crippen LogP contribution in [-0.2, 0) is 17.9 Å². The average Bonchev–Trinajstić information content (AvgIpc) is 2.76. The van der Waals surface area contributed by atoms with Gasteiger partial charge in [-0.25, -0.2) is 0 Å². The highest BCUT2D eigenvalue weighted by Gasteiger charge is 2.26. The fourth-order valence-corrected chi connectivity index (χ4v) is 4.82. The molecule has 1 N–H and O–H groups in total. The minimum Gasteiger partial charge on any atom is -0.380 e. The van der Waals surface area contributed by atoms with E-state index < -0.39 is 0 Å². The summed E-state index contributed by atoms with van der Waals surface area (Å²) >= 11 is 0. The second kappa shape index (κ2) is 12.7. The van der Waals surface area contributed by atoms with Gasteiger partial charge in [-0.2, -0.15) is 0 Å². The Balaban J connectivity index is 0.00000181. The van der Waals surface area contributed by atoms with Crippen molar-refractivity contribution in [2.45, 2.75) is 39.1 Å². The number of ether oxygens (including phenoxy) is 1. The molecule has 2 saturated heterocycles. The maximum Gasteiger partial charge on any atom is 0.0734 e. The predicted molar refractivity (Wildman–Crippen MR) is 140 cm³/mol. The van der Waals surface area contributed by atoms with E-state index in [2.05, 4.69) is 82.4 Å². The molecule has 0 radical (unpaired) electrons. The molecule has 0 spiro atoms. The molecule has 2 aliphatic rings. The fourth-order valence-electron chi connectivity index (χ4n) is 4.82. The van der Waals surface area contributed by atoms with Crippen molar-refractivity contribution in [1.82, 2.24) is 10.2 Å². The molecule has 178 valence electrons. The molecule has 2 aromatic carbocycles. The minimum absolute atomic E-state index is 0. The van der Waals surface area contributed by atoms with E-state index in [1.165, 1.54) is 22.5 Å². The zero-order valence-corrected chi connectivity index (χ0v) is 21.1. The van der Waals surface area contributed by atoms with Crippen LogP contribution in [0.2, 0.25) is 0 Å². The van der Waals surface area contributed by atoms with E-state index in [0.717, 1.165) is 45.8 Å². The first kappa shape index (κ1) is 26.7. The summed E-state index contributed by atoms with van der Waals surface area (Å²) in [6, 6.07) is 18.8. The maximum atomic E-state index is 5.59. The average molecular weight is 482 g/mol. The highest BCUT2D eigenvalue weighted by atomic mass is 35.5. The van der Waals surface area contributed by atoms with Gasteiger partial charge in [-0.1, -0.05) is 30.3 Å². The Labute approximate surface area is 205 Å². The molecule has 2 atom stereocenters. The molecule has 2 aliphatic heterocycles. The summed E-state index contributed by atoms with van der Waals surface area (Å²) in [4.78, 5) is 7.66. The lowest BCUT2D eigenvalue weighted by Crippen LogP contribution is -2.51. The number of methoxy groups -OCH3 is 1. The van der Waals surface area contributed by atoms with Crippen LogP contribution in [0.15, 0.2) is 48.5 Å². The van der Waals surface area contributed by atoms with Gasteiger partial charge in [0.25, 0.3) is 0 Å². The molecular formula is C25H38Cl2N4O. The van der Waals surface area contributed by atoms with Crippen LogP contribution in [0.25, 0.3) is 0 Å². The fraction of sp³-hybridized carbons (Fsp3) is 0.520. The van der Waals surface area contributed by atoms with Crippen molar-refractivity contribution in [1.29, 1.82) is 0 Å². The van der Waals surface area contributed by atoms with Crippen LogP contribution < -0.4 is 15.1 Å². The van der Waals surface area contributed by atoms with Gasteiger partial charge >= 0.3 is 0 Å². The van der Waals surface area contributed by atoms with Crippen LogP contribution in [0.5, 0.6) is 0 Å². The van der Waals surface area contributed by atoms with Crippen molar-refractivity contribution in [3.05, 3.63) is 59.7 Å². The van der Waals surface area contributed by atoms with E-state index in [4.69, 9.17) is 4.74 Å². The van der Waals surface area contributed by atoms with Crippen molar-refractivity contribution in [2.24, 2.45) is 0 Å². The van der Waals surface area contributed by atoms with E-state index in [9.17, 15) is 0 Å². The Hall–Kier alpha value is -1.50. The Bertz CT molecular complexity index is 823. The lowest BCUT2D eigenvalue weighted by Gasteiger charge is -2.42. The lowest BCUT2D eigenvalue weighted by molar-refractivity contribution is 0.177. The molecular weight excluding hydrogens is 443 g/mol. The minimum atomic E-state index is 0. The van der Waals surface area contributed by atoms with E-state index in [1.807, 2.05) is 0 Å². The summed E-state index contributed by atoms with van der Waals surface area (Å²) in [6.45, 7) is 12.7. The molecule has 2 heterocycles. The zero-order chi connectivity index (χ0) is 20.9. The summed E-state index contributed by atoms with van der Waals surface area (Å²) in [5.74, 6) is 0. The van der Waals surface area contributed by atoms with E-state index in [-0.39, 0.29) is 24.8 Å². The van der Waals surface area contributed by atoms with Gasteiger partial charge in [-0.3, -0.25) is 4.90 Å². The monoisotopic (exact) mass is 480 g/mol. The van der Waals surface area contributed by atoms with Crippen LogP contribution in [0.4, 0.5) is 11.4 Å². The number of nitrogens with one attached hydrogen (secondary N) is 1. The maximum absolute atomic E-state index is 5.59. The Morgan fingerprint density at radius 2 is 1.75 bits per heavy atom. The van der Waals surface area contributed by atoms with Crippen molar-refractivity contribution in [2.75, 3.05) is 56.2 Å². The van der Waals surface area contributed by atoms with Crippen molar-refractivity contribution in [3.8, 4) is 0 Å². The van der Waals surface area contributed by atoms with Crippen LogP contribution in [0.1, 0.15) is 25.0 Å². The summed E-state index contributed by atoms with van der Waals surface area (Å²) in [5, 5.41) is 3.48. The van der Waals surface area contributed by atoms with Gasteiger partial charge in [0.05, 0.1) is 6.61 Å². The smallest absolute Gasteiger partial charge is 0.0734 e. The highest BCUT2D eigenvalue weighted by molar-refractivity contribution is 5.85. The third kappa shape index (κ3) is 6.30. The molecule has 2 aromatic rings. The lowest BCUT2D eigenvalue weighted by atomic mass is 10.1. The normalized spacial score (nSPS) is 21.6. The van der Waals surface area contributed by atoms with E-state index in [0.29, 0.717) is 18.7 Å². The van der Waals surface area contributed by atoms with E-state index >= 15 is 0 Å². The number of anilines is 2. The predicted octanol–water partition coefficient (Wildman–Crippen LogP) is 4.19. The summed E-state index contributed by atoms with van der Waals surface area (Å²) in [5.41, 5.74) is 5.34. The van der Waals surface area contributed by atoms with Gasteiger partial charge in [0.1, 0.15) is 0 Å². The number of hydrogen-bond donors (Lipinski definition) is 1. The number of halogens is 2. The van der Waals surface area contributed by atoms with Gasteiger partial charge < -0.3 is 19.9 Å². The molecule has 0 unspecified atom stereocenters. The number of nitrogens with zero attached hydrogens (tertiary/aromatic N) is 3. The SMILES string of the molecule is COCc1cc(N2CCNC[C@@H]2C)ccc1N1CCN(Cc2ccccc2)[C@H](C)C1.Cl.Cl. The molecule has 0 aromatic heterocycles. The topological polar surface area (TPSA) is 31.0 Å². The van der Waals surface area contributed by atoms with Gasteiger partial charge in [0, 0.05) is 81.9 Å². The second-order valence-corrected chi connectivity index (χ2v) is 8.74. The number of rotatable bonds is 6. The van der Waals surface area contributed by atoms with Crippen LogP contribution in [-0.4, -0.2) is 63.4 Å². The Morgan fingerprint density at radius 3 is 2.44 bits per heavy atom. The second-order valence-electron chi connectivity index (χ2n) is 8.74. The first-order chi connectivity index (χ1) is 14.7. The molecule has 7 heteroatoms. The first-order valence-electron chi connectivity index (χ1n) is 11.3. The molecule has 32 heavy (non-hydrogen) atoms. The van der Waals surface area contributed by atoms with Crippen molar-refractivity contribution < 1.29 is 4.74 Å². The summed E-state index contributed by atoms with van der Waals surface area (Å²) in [7, 11) is 1.80. The third-order valence-electron chi connectivity index (χ3n) is 6.53.